The Bertz CT molecular complexity index is 2530. The minimum Gasteiger partial charge on any atom is -0.455 e. The molecule has 0 N–H and O–H groups in total. The Morgan fingerprint density at radius 1 is 0.354 bits per heavy atom. The molecular formula is C46H31NO. The molecular weight excluding hydrogens is 583 g/mol. The maximum Gasteiger partial charge on any atom is 0.143 e. The molecule has 0 aliphatic rings. The highest BCUT2D eigenvalue weighted by Gasteiger charge is 2.22. The minimum absolute atomic E-state index is 0.864. The Hall–Kier alpha value is -6.38. The first kappa shape index (κ1) is 27.9. The van der Waals surface area contributed by atoms with Crippen LogP contribution >= 0.6 is 0 Å². The minimum atomic E-state index is 0.864. The highest BCUT2D eigenvalue weighted by Crippen LogP contribution is 2.47. The average Bonchev–Trinajstić information content (AvgIpc) is 3.56. The standard InChI is InChI=1S/C46H31NO/c1-4-15-32(16-5-1)33-27-29-36(30-28-33)47(35-19-8-3-9-20-35)43-25-14-26-44-45(43)42-31-41(39-23-12-13-24-40(39)46(42)48-44)38-22-11-10-21-37(38)34-17-6-2-7-18-34/h1-31H. The molecule has 226 valence electrons. The van der Waals surface area contributed by atoms with Gasteiger partial charge in [-0.3, -0.25) is 0 Å². The van der Waals surface area contributed by atoms with E-state index in [-0.39, 0.29) is 0 Å². The van der Waals surface area contributed by atoms with Crippen LogP contribution in [0.5, 0.6) is 0 Å². The fourth-order valence-corrected chi connectivity index (χ4v) is 7.06. The molecule has 0 fully saturated rings. The first-order chi connectivity index (χ1) is 23.8. The van der Waals surface area contributed by atoms with Crippen molar-refractivity contribution in [2.75, 3.05) is 4.90 Å². The van der Waals surface area contributed by atoms with E-state index in [0.717, 1.165) is 44.4 Å². The van der Waals surface area contributed by atoms with E-state index >= 15 is 0 Å². The van der Waals surface area contributed by atoms with E-state index in [1.54, 1.807) is 0 Å². The summed E-state index contributed by atoms with van der Waals surface area (Å²) in [7, 11) is 0. The molecule has 0 atom stereocenters. The van der Waals surface area contributed by atoms with Crippen molar-refractivity contribution in [1.82, 2.24) is 0 Å². The van der Waals surface area contributed by atoms with Crippen molar-refractivity contribution < 1.29 is 4.42 Å². The number of furan rings is 1. The zero-order valence-electron chi connectivity index (χ0n) is 26.3. The molecule has 8 aromatic carbocycles. The largest absolute Gasteiger partial charge is 0.455 e. The zero-order valence-corrected chi connectivity index (χ0v) is 26.3. The van der Waals surface area contributed by atoms with Crippen molar-refractivity contribution in [3.8, 4) is 33.4 Å². The van der Waals surface area contributed by atoms with Crippen molar-refractivity contribution in [1.29, 1.82) is 0 Å². The van der Waals surface area contributed by atoms with Gasteiger partial charge in [-0.1, -0.05) is 146 Å². The van der Waals surface area contributed by atoms with E-state index < -0.39 is 0 Å². The van der Waals surface area contributed by atoms with Crippen molar-refractivity contribution >= 4 is 49.8 Å². The number of anilines is 3. The molecule has 0 radical (unpaired) electrons. The summed E-state index contributed by atoms with van der Waals surface area (Å²) in [4.78, 5) is 2.35. The second-order valence-electron chi connectivity index (χ2n) is 12.1. The van der Waals surface area contributed by atoms with E-state index in [1.807, 2.05) is 0 Å². The third kappa shape index (κ3) is 4.74. The van der Waals surface area contributed by atoms with E-state index in [4.69, 9.17) is 4.42 Å². The fraction of sp³-hybridized carbons (Fsp3) is 0. The number of hydrogen-bond donors (Lipinski definition) is 0. The number of hydrogen-bond acceptors (Lipinski definition) is 2. The van der Waals surface area contributed by atoms with E-state index in [2.05, 4.69) is 193 Å². The topological polar surface area (TPSA) is 16.4 Å². The van der Waals surface area contributed by atoms with Gasteiger partial charge in [0.25, 0.3) is 0 Å². The molecule has 0 aliphatic heterocycles. The van der Waals surface area contributed by atoms with Gasteiger partial charge in [0.05, 0.1) is 11.1 Å². The molecule has 0 spiro atoms. The maximum absolute atomic E-state index is 6.78. The molecule has 0 unspecified atom stereocenters. The summed E-state index contributed by atoms with van der Waals surface area (Å²) in [5.74, 6) is 0. The van der Waals surface area contributed by atoms with Gasteiger partial charge in [-0.15, -0.1) is 0 Å². The number of benzene rings is 8. The normalized spacial score (nSPS) is 11.3. The van der Waals surface area contributed by atoms with Crippen molar-refractivity contribution in [2.45, 2.75) is 0 Å². The molecule has 0 saturated heterocycles. The summed E-state index contributed by atoms with van der Waals surface area (Å²) in [6, 6.07) is 66.7. The van der Waals surface area contributed by atoms with Gasteiger partial charge in [0.15, 0.2) is 0 Å². The molecule has 0 aliphatic carbocycles. The van der Waals surface area contributed by atoms with Crippen molar-refractivity contribution in [3.05, 3.63) is 188 Å². The highest BCUT2D eigenvalue weighted by atomic mass is 16.3. The number of nitrogens with zero attached hydrogens (tertiary/aromatic N) is 1. The predicted octanol–water partition coefficient (Wildman–Crippen LogP) is 13.2. The first-order valence-corrected chi connectivity index (χ1v) is 16.4. The first-order valence-electron chi connectivity index (χ1n) is 16.4. The van der Waals surface area contributed by atoms with Crippen LogP contribution in [0.4, 0.5) is 17.1 Å². The Balaban J connectivity index is 1.31. The highest BCUT2D eigenvalue weighted by molar-refractivity contribution is 6.23. The van der Waals surface area contributed by atoms with Gasteiger partial charge < -0.3 is 9.32 Å². The second kappa shape index (κ2) is 11.8. The Morgan fingerprint density at radius 2 is 0.917 bits per heavy atom. The lowest BCUT2D eigenvalue weighted by Crippen LogP contribution is -2.10. The van der Waals surface area contributed by atoms with Gasteiger partial charge in [0.2, 0.25) is 0 Å². The SMILES string of the molecule is c1ccc(-c2ccc(N(c3ccccc3)c3cccc4oc5c6ccccc6c(-c6ccccc6-c6ccccc6)cc5c34)cc2)cc1. The lowest BCUT2D eigenvalue weighted by Gasteiger charge is -2.26. The summed E-state index contributed by atoms with van der Waals surface area (Å²) in [5, 5.41) is 4.46. The Kier molecular flexibility index (Phi) is 6.84. The third-order valence-electron chi connectivity index (χ3n) is 9.27. The van der Waals surface area contributed by atoms with Crippen molar-refractivity contribution in [2.24, 2.45) is 0 Å². The van der Waals surface area contributed by atoms with Crippen LogP contribution in [0.15, 0.2) is 192 Å². The van der Waals surface area contributed by atoms with Crippen molar-refractivity contribution in [3.63, 3.8) is 0 Å². The van der Waals surface area contributed by atoms with Crippen LogP contribution in [0.1, 0.15) is 0 Å². The fourth-order valence-electron chi connectivity index (χ4n) is 7.06. The lowest BCUT2D eigenvalue weighted by molar-refractivity contribution is 0.672. The average molecular weight is 614 g/mol. The molecule has 2 nitrogen and oxygen atoms in total. The molecule has 0 bridgehead atoms. The molecule has 0 saturated carbocycles. The quantitative estimate of drug-likeness (QED) is 0.185. The lowest BCUT2D eigenvalue weighted by atomic mass is 9.90. The maximum atomic E-state index is 6.78. The van der Waals surface area contributed by atoms with Crippen LogP contribution in [-0.4, -0.2) is 0 Å². The van der Waals surface area contributed by atoms with Gasteiger partial charge in [-0.25, -0.2) is 0 Å². The number of fused-ring (bicyclic) bond motifs is 5. The summed E-state index contributed by atoms with van der Waals surface area (Å²) in [6.45, 7) is 0. The van der Waals surface area contributed by atoms with Crippen LogP contribution < -0.4 is 4.90 Å². The third-order valence-corrected chi connectivity index (χ3v) is 9.27. The molecule has 9 aromatic rings. The smallest absolute Gasteiger partial charge is 0.143 e. The van der Waals surface area contributed by atoms with Crippen LogP contribution in [0.3, 0.4) is 0 Å². The molecule has 0 amide bonds. The van der Waals surface area contributed by atoms with Gasteiger partial charge in [0.1, 0.15) is 11.2 Å². The zero-order chi connectivity index (χ0) is 31.9. The molecule has 2 heteroatoms. The molecule has 9 rings (SSSR count). The number of rotatable bonds is 6. The number of para-hydroxylation sites is 1. The van der Waals surface area contributed by atoms with Crippen LogP contribution in [0.25, 0.3) is 66.1 Å². The van der Waals surface area contributed by atoms with Gasteiger partial charge >= 0.3 is 0 Å². The summed E-state index contributed by atoms with van der Waals surface area (Å²) >= 11 is 0. The van der Waals surface area contributed by atoms with Gasteiger partial charge in [-0.2, -0.15) is 0 Å². The van der Waals surface area contributed by atoms with E-state index in [9.17, 15) is 0 Å². The Labute approximate surface area is 279 Å². The summed E-state index contributed by atoms with van der Waals surface area (Å²) < 4.78 is 6.78. The van der Waals surface area contributed by atoms with Gasteiger partial charge in [0, 0.05) is 22.1 Å². The van der Waals surface area contributed by atoms with Crippen LogP contribution in [-0.2, 0) is 0 Å². The summed E-state index contributed by atoms with van der Waals surface area (Å²) in [5.41, 5.74) is 12.2. The molecule has 48 heavy (non-hydrogen) atoms. The predicted molar refractivity (Wildman–Crippen MR) is 202 cm³/mol. The monoisotopic (exact) mass is 613 g/mol. The molecule has 1 heterocycles. The van der Waals surface area contributed by atoms with Crippen LogP contribution in [0, 0.1) is 0 Å². The Morgan fingerprint density at radius 3 is 1.65 bits per heavy atom. The van der Waals surface area contributed by atoms with E-state index in [0.29, 0.717) is 0 Å². The second-order valence-corrected chi connectivity index (χ2v) is 12.1. The van der Waals surface area contributed by atoms with Crippen LogP contribution in [0.2, 0.25) is 0 Å². The van der Waals surface area contributed by atoms with Gasteiger partial charge in [-0.05, 0) is 81.2 Å². The molecule has 1 aromatic heterocycles. The summed E-state index contributed by atoms with van der Waals surface area (Å²) in [6.07, 6.45) is 0. The van der Waals surface area contributed by atoms with E-state index in [1.165, 1.54) is 38.8 Å².